The van der Waals surface area contributed by atoms with Crippen LogP contribution in [0, 0.1) is 5.82 Å². The Morgan fingerprint density at radius 2 is 1.83 bits per heavy atom. The summed E-state index contributed by atoms with van der Waals surface area (Å²) in [6.07, 6.45) is 0. The fourth-order valence-corrected chi connectivity index (χ4v) is 2.41. The summed E-state index contributed by atoms with van der Waals surface area (Å²) in [5.41, 5.74) is 2.38. The highest BCUT2D eigenvalue weighted by Gasteiger charge is 2.22. The van der Waals surface area contributed by atoms with E-state index in [1.165, 1.54) is 12.1 Å². The number of amides is 1. The van der Waals surface area contributed by atoms with E-state index in [9.17, 15) is 9.18 Å². The van der Waals surface area contributed by atoms with Gasteiger partial charge in [0.25, 0.3) is 0 Å². The molecule has 0 saturated heterocycles. The first-order valence-corrected chi connectivity index (χ1v) is 7.39. The van der Waals surface area contributed by atoms with E-state index in [-0.39, 0.29) is 18.3 Å². The molecular weight excluding hydrogens is 295 g/mol. The minimum absolute atomic E-state index is 0.00505. The lowest BCUT2D eigenvalue weighted by Gasteiger charge is -2.24. The summed E-state index contributed by atoms with van der Waals surface area (Å²) >= 11 is 0. The second-order valence-corrected chi connectivity index (χ2v) is 5.61. The molecule has 0 saturated carbocycles. The van der Waals surface area contributed by atoms with Gasteiger partial charge in [-0.3, -0.25) is 9.69 Å². The third-order valence-corrected chi connectivity index (χ3v) is 3.60. The molecule has 0 aliphatic carbocycles. The van der Waals surface area contributed by atoms with E-state index in [1.807, 2.05) is 24.3 Å². The third-order valence-electron chi connectivity index (χ3n) is 3.60. The Bertz CT molecular complexity index is 656. The highest BCUT2D eigenvalue weighted by molar-refractivity contribution is 5.83. The Labute approximate surface area is 135 Å². The molecule has 2 aromatic carbocycles. The standard InChI is InChI=1S/C18H21FN2O2/c1-21(2)17(15-4-3-5-16(19)10-15)18(23)20-11-13-6-8-14(12-22)9-7-13/h3-10,17,22H,11-12H2,1-2H3,(H,20,23). The van der Waals surface area contributed by atoms with Crippen molar-refractivity contribution in [3.05, 3.63) is 71.0 Å². The molecule has 1 unspecified atom stereocenters. The van der Waals surface area contributed by atoms with Crippen LogP contribution in [-0.2, 0) is 17.9 Å². The molecule has 2 aromatic rings. The molecule has 0 heterocycles. The molecule has 0 aromatic heterocycles. The van der Waals surface area contributed by atoms with Crippen molar-refractivity contribution >= 4 is 5.91 Å². The number of aliphatic hydroxyl groups excluding tert-OH is 1. The molecular formula is C18H21FN2O2. The number of carbonyl (C=O) groups is 1. The van der Waals surface area contributed by atoms with E-state index in [4.69, 9.17) is 5.11 Å². The van der Waals surface area contributed by atoms with Gasteiger partial charge in [-0.15, -0.1) is 0 Å². The topological polar surface area (TPSA) is 52.6 Å². The first-order chi connectivity index (χ1) is 11.0. The maximum atomic E-state index is 13.4. The van der Waals surface area contributed by atoms with Gasteiger partial charge in [-0.05, 0) is 42.9 Å². The smallest absolute Gasteiger partial charge is 0.242 e. The number of halogens is 1. The van der Waals surface area contributed by atoms with Crippen molar-refractivity contribution in [1.29, 1.82) is 0 Å². The summed E-state index contributed by atoms with van der Waals surface area (Å²) in [7, 11) is 3.57. The predicted octanol–water partition coefficient (Wildman–Crippen LogP) is 2.24. The van der Waals surface area contributed by atoms with Crippen LogP contribution < -0.4 is 5.32 Å². The molecule has 0 radical (unpaired) electrons. The van der Waals surface area contributed by atoms with Crippen molar-refractivity contribution in [2.24, 2.45) is 0 Å². The number of likely N-dealkylation sites (N-methyl/N-ethyl adjacent to an activating group) is 1. The van der Waals surface area contributed by atoms with Gasteiger partial charge in [-0.25, -0.2) is 4.39 Å². The Hall–Kier alpha value is -2.24. The quantitative estimate of drug-likeness (QED) is 0.859. The number of hydrogen-bond acceptors (Lipinski definition) is 3. The molecule has 23 heavy (non-hydrogen) atoms. The number of carbonyl (C=O) groups excluding carboxylic acids is 1. The van der Waals surface area contributed by atoms with Crippen LogP contribution in [-0.4, -0.2) is 30.0 Å². The van der Waals surface area contributed by atoms with Crippen LogP contribution in [0.5, 0.6) is 0 Å². The number of benzene rings is 2. The molecule has 0 aliphatic heterocycles. The lowest BCUT2D eigenvalue weighted by molar-refractivity contribution is -0.125. The lowest BCUT2D eigenvalue weighted by atomic mass is 10.0. The number of rotatable bonds is 6. The summed E-state index contributed by atoms with van der Waals surface area (Å²) in [5.74, 6) is -0.548. The van der Waals surface area contributed by atoms with E-state index >= 15 is 0 Å². The van der Waals surface area contributed by atoms with Gasteiger partial charge in [0.2, 0.25) is 5.91 Å². The molecule has 0 fully saturated rings. The first kappa shape index (κ1) is 17.1. The highest BCUT2D eigenvalue weighted by Crippen LogP contribution is 2.19. The Morgan fingerprint density at radius 1 is 1.17 bits per heavy atom. The Kier molecular flexibility index (Phi) is 5.84. The number of aliphatic hydroxyl groups is 1. The predicted molar refractivity (Wildman–Crippen MR) is 87.0 cm³/mol. The SMILES string of the molecule is CN(C)C(C(=O)NCc1ccc(CO)cc1)c1cccc(F)c1. The zero-order valence-corrected chi connectivity index (χ0v) is 13.3. The molecule has 2 rings (SSSR count). The highest BCUT2D eigenvalue weighted by atomic mass is 19.1. The first-order valence-electron chi connectivity index (χ1n) is 7.39. The normalized spacial score (nSPS) is 12.2. The summed E-state index contributed by atoms with van der Waals surface area (Å²) < 4.78 is 13.4. The van der Waals surface area contributed by atoms with Gasteiger partial charge in [0.05, 0.1) is 6.61 Å². The summed E-state index contributed by atoms with van der Waals surface area (Å²) in [6, 6.07) is 12.9. The van der Waals surface area contributed by atoms with Crippen molar-refractivity contribution in [2.45, 2.75) is 19.2 Å². The monoisotopic (exact) mass is 316 g/mol. The van der Waals surface area contributed by atoms with Gasteiger partial charge in [0, 0.05) is 6.54 Å². The van der Waals surface area contributed by atoms with Gasteiger partial charge in [-0.2, -0.15) is 0 Å². The fraction of sp³-hybridized carbons (Fsp3) is 0.278. The minimum atomic E-state index is -0.553. The molecule has 2 N–H and O–H groups in total. The molecule has 0 spiro atoms. The molecule has 1 atom stereocenters. The number of hydrogen-bond donors (Lipinski definition) is 2. The molecule has 5 heteroatoms. The van der Waals surface area contributed by atoms with Crippen molar-refractivity contribution in [3.63, 3.8) is 0 Å². The number of nitrogens with one attached hydrogen (secondary N) is 1. The van der Waals surface area contributed by atoms with Gasteiger partial charge < -0.3 is 10.4 Å². The second kappa shape index (κ2) is 7.85. The van der Waals surface area contributed by atoms with Crippen LogP contribution >= 0.6 is 0 Å². The van der Waals surface area contributed by atoms with Crippen LogP contribution in [0.2, 0.25) is 0 Å². The summed E-state index contributed by atoms with van der Waals surface area (Å²) in [6.45, 7) is 0.374. The maximum absolute atomic E-state index is 13.4. The zero-order chi connectivity index (χ0) is 16.8. The van der Waals surface area contributed by atoms with E-state index in [0.29, 0.717) is 12.1 Å². The van der Waals surface area contributed by atoms with E-state index in [2.05, 4.69) is 5.32 Å². The van der Waals surface area contributed by atoms with Crippen LogP contribution in [0.25, 0.3) is 0 Å². The molecule has 1 amide bonds. The van der Waals surface area contributed by atoms with Gasteiger partial charge in [0.15, 0.2) is 0 Å². The van der Waals surface area contributed by atoms with Crippen LogP contribution in [0.4, 0.5) is 4.39 Å². The van der Waals surface area contributed by atoms with Crippen LogP contribution in [0.15, 0.2) is 48.5 Å². The van der Waals surface area contributed by atoms with Crippen molar-refractivity contribution in [2.75, 3.05) is 14.1 Å². The Morgan fingerprint density at radius 3 is 2.39 bits per heavy atom. The average molecular weight is 316 g/mol. The van der Waals surface area contributed by atoms with E-state index in [0.717, 1.165) is 11.1 Å². The van der Waals surface area contributed by atoms with E-state index < -0.39 is 6.04 Å². The average Bonchev–Trinajstić information content (AvgIpc) is 2.53. The maximum Gasteiger partial charge on any atom is 0.242 e. The van der Waals surface area contributed by atoms with Crippen molar-refractivity contribution in [1.82, 2.24) is 10.2 Å². The molecule has 122 valence electrons. The third kappa shape index (κ3) is 4.61. The molecule has 0 aliphatic rings. The van der Waals surface area contributed by atoms with Gasteiger partial charge in [-0.1, -0.05) is 36.4 Å². The van der Waals surface area contributed by atoms with Crippen molar-refractivity contribution in [3.8, 4) is 0 Å². The number of nitrogens with zero attached hydrogens (tertiary/aromatic N) is 1. The van der Waals surface area contributed by atoms with Gasteiger partial charge >= 0.3 is 0 Å². The Balaban J connectivity index is 2.06. The largest absolute Gasteiger partial charge is 0.392 e. The molecule has 0 bridgehead atoms. The second-order valence-electron chi connectivity index (χ2n) is 5.61. The van der Waals surface area contributed by atoms with Crippen molar-refractivity contribution < 1.29 is 14.3 Å². The van der Waals surface area contributed by atoms with E-state index in [1.54, 1.807) is 31.1 Å². The van der Waals surface area contributed by atoms with Gasteiger partial charge in [0.1, 0.15) is 11.9 Å². The molecule has 4 nitrogen and oxygen atoms in total. The van der Waals surface area contributed by atoms with Crippen LogP contribution in [0.1, 0.15) is 22.7 Å². The lowest BCUT2D eigenvalue weighted by Crippen LogP contribution is -2.36. The van der Waals surface area contributed by atoms with Crippen LogP contribution in [0.3, 0.4) is 0 Å². The summed E-state index contributed by atoms with van der Waals surface area (Å²) in [4.78, 5) is 14.2. The minimum Gasteiger partial charge on any atom is -0.392 e. The summed E-state index contributed by atoms with van der Waals surface area (Å²) in [5, 5.41) is 11.9. The zero-order valence-electron chi connectivity index (χ0n) is 13.3. The fourth-order valence-electron chi connectivity index (χ4n) is 2.41.